The molecule has 0 aliphatic carbocycles. The molecular formula is C13H8ClN5OS. The molecule has 0 aliphatic heterocycles. The lowest BCUT2D eigenvalue weighted by Crippen LogP contribution is -1.91. The lowest BCUT2D eigenvalue weighted by Gasteiger charge is -1.92. The van der Waals surface area contributed by atoms with E-state index in [-0.39, 0.29) is 0 Å². The normalized spacial score (nSPS) is 11.3. The van der Waals surface area contributed by atoms with Gasteiger partial charge in [-0.05, 0) is 19.1 Å². The predicted octanol–water partition coefficient (Wildman–Crippen LogP) is 3.47. The SMILES string of the molecule is Cc1nn2c(-c3noc(-c4ccccc4)n3)c(Cl)nc2s1. The highest BCUT2D eigenvalue weighted by atomic mass is 35.5. The van der Waals surface area contributed by atoms with Crippen molar-refractivity contribution in [2.24, 2.45) is 0 Å². The van der Waals surface area contributed by atoms with Gasteiger partial charge < -0.3 is 4.52 Å². The molecule has 0 bridgehead atoms. The molecule has 0 spiro atoms. The van der Waals surface area contributed by atoms with Gasteiger partial charge in [-0.1, -0.05) is 46.3 Å². The lowest BCUT2D eigenvalue weighted by molar-refractivity contribution is 0.432. The number of fused-ring (bicyclic) bond motifs is 1. The topological polar surface area (TPSA) is 69.1 Å². The van der Waals surface area contributed by atoms with Crippen LogP contribution in [-0.4, -0.2) is 24.7 Å². The molecule has 104 valence electrons. The molecule has 0 amide bonds. The van der Waals surface area contributed by atoms with Crippen LogP contribution in [0.1, 0.15) is 5.01 Å². The van der Waals surface area contributed by atoms with E-state index in [1.807, 2.05) is 37.3 Å². The van der Waals surface area contributed by atoms with Gasteiger partial charge in [0.15, 0.2) is 10.8 Å². The molecule has 1 aromatic carbocycles. The summed E-state index contributed by atoms with van der Waals surface area (Å²) in [6.45, 7) is 1.91. The molecule has 8 heteroatoms. The standard InChI is InChI=1S/C13H8ClN5OS/c1-7-17-19-9(10(14)15-13(19)21-7)11-16-12(20-18-11)8-5-3-2-4-6-8/h2-6H,1H3. The predicted molar refractivity (Wildman–Crippen MR) is 79.3 cm³/mol. The minimum Gasteiger partial charge on any atom is -0.334 e. The van der Waals surface area contributed by atoms with Crippen molar-refractivity contribution < 1.29 is 4.52 Å². The Morgan fingerprint density at radius 2 is 2.00 bits per heavy atom. The molecule has 3 aromatic heterocycles. The minimum absolute atomic E-state index is 0.314. The number of imidazole rings is 1. The van der Waals surface area contributed by atoms with E-state index < -0.39 is 0 Å². The zero-order valence-corrected chi connectivity index (χ0v) is 12.4. The van der Waals surface area contributed by atoms with E-state index in [0.717, 1.165) is 10.6 Å². The average molecular weight is 318 g/mol. The molecular weight excluding hydrogens is 310 g/mol. The monoisotopic (exact) mass is 317 g/mol. The minimum atomic E-state index is 0.314. The highest BCUT2D eigenvalue weighted by Gasteiger charge is 2.21. The van der Waals surface area contributed by atoms with Crippen LogP contribution in [-0.2, 0) is 0 Å². The number of benzene rings is 1. The molecule has 0 unspecified atom stereocenters. The van der Waals surface area contributed by atoms with Gasteiger partial charge in [0.2, 0.25) is 10.8 Å². The summed E-state index contributed by atoms with van der Waals surface area (Å²) in [6, 6.07) is 9.55. The van der Waals surface area contributed by atoms with E-state index in [2.05, 4.69) is 20.2 Å². The van der Waals surface area contributed by atoms with E-state index in [9.17, 15) is 0 Å². The largest absolute Gasteiger partial charge is 0.334 e. The molecule has 0 radical (unpaired) electrons. The second kappa shape index (κ2) is 4.64. The number of hydrogen-bond donors (Lipinski definition) is 0. The number of aryl methyl sites for hydroxylation is 1. The van der Waals surface area contributed by atoms with Crippen LogP contribution in [0.3, 0.4) is 0 Å². The first-order valence-corrected chi connectivity index (χ1v) is 7.33. The van der Waals surface area contributed by atoms with Crippen LogP contribution in [0.4, 0.5) is 0 Å². The smallest absolute Gasteiger partial charge is 0.258 e. The van der Waals surface area contributed by atoms with Crippen LogP contribution in [0.15, 0.2) is 34.9 Å². The first-order valence-electron chi connectivity index (χ1n) is 6.13. The Hall–Kier alpha value is -2.25. The number of hydrogen-bond acceptors (Lipinski definition) is 6. The number of aromatic nitrogens is 5. The van der Waals surface area contributed by atoms with E-state index >= 15 is 0 Å². The fraction of sp³-hybridized carbons (Fsp3) is 0.0769. The summed E-state index contributed by atoms with van der Waals surface area (Å²) in [7, 11) is 0. The van der Waals surface area contributed by atoms with Gasteiger partial charge in [-0.15, -0.1) is 0 Å². The molecule has 6 nitrogen and oxygen atoms in total. The van der Waals surface area contributed by atoms with Gasteiger partial charge >= 0.3 is 0 Å². The molecule has 4 rings (SSSR count). The lowest BCUT2D eigenvalue weighted by atomic mass is 10.2. The third-order valence-corrected chi connectivity index (χ3v) is 4.01. The Labute approximate surface area is 128 Å². The summed E-state index contributed by atoms with van der Waals surface area (Å²) in [5.41, 5.74) is 1.39. The zero-order chi connectivity index (χ0) is 14.4. The van der Waals surface area contributed by atoms with Crippen molar-refractivity contribution in [2.45, 2.75) is 6.92 Å². The van der Waals surface area contributed by atoms with E-state index in [1.165, 1.54) is 11.3 Å². The first kappa shape index (κ1) is 12.5. The van der Waals surface area contributed by atoms with Gasteiger partial charge in [0.1, 0.15) is 5.01 Å². The molecule has 3 heterocycles. The van der Waals surface area contributed by atoms with Gasteiger partial charge in [0.05, 0.1) is 0 Å². The van der Waals surface area contributed by atoms with E-state index in [0.29, 0.717) is 27.5 Å². The van der Waals surface area contributed by atoms with Gasteiger partial charge in [0, 0.05) is 5.56 Å². The Bertz CT molecular complexity index is 927. The van der Waals surface area contributed by atoms with Crippen molar-refractivity contribution in [3.63, 3.8) is 0 Å². The Morgan fingerprint density at radius 1 is 1.19 bits per heavy atom. The Morgan fingerprint density at radius 3 is 2.81 bits per heavy atom. The Kier molecular flexibility index (Phi) is 2.76. The second-order valence-corrected chi connectivity index (χ2v) is 5.87. The summed E-state index contributed by atoms with van der Waals surface area (Å²) in [6.07, 6.45) is 0. The molecule has 0 aliphatic rings. The molecule has 0 fully saturated rings. The summed E-state index contributed by atoms with van der Waals surface area (Å²) >= 11 is 7.62. The van der Waals surface area contributed by atoms with Crippen molar-refractivity contribution in [3.05, 3.63) is 40.5 Å². The fourth-order valence-electron chi connectivity index (χ4n) is 2.02. The molecule has 0 N–H and O–H groups in total. The highest BCUT2D eigenvalue weighted by molar-refractivity contribution is 7.16. The molecule has 0 saturated carbocycles. The quantitative estimate of drug-likeness (QED) is 0.566. The maximum absolute atomic E-state index is 6.16. The average Bonchev–Trinajstić information content (AvgIpc) is 3.14. The van der Waals surface area contributed by atoms with Gasteiger partial charge in [-0.3, -0.25) is 0 Å². The summed E-state index contributed by atoms with van der Waals surface area (Å²) in [5, 5.41) is 9.55. The number of halogens is 1. The van der Waals surface area contributed by atoms with Crippen molar-refractivity contribution in [1.82, 2.24) is 24.7 Å². The van der Waals surface area contributed by atoms with Crippen LogP contribution in [0, 0.1) is 6.92 Å². The van der Waals surface area contributed by atoms with E-state index in [4.69, 9.17) is 16.1 Å². The zero-order valence-electron chi connectivity index (χ0n) is 10.8. The number of nitrogens with zero attached hydrogens (tertiary/aromatic N) is 5. The van der Waals surface area contributed by atoms with Crippen LogP contribution in [0.2, 0.25) is 5.15 Å². The summed E-state index contributed by atoms with van der Waals surface area (Å²) in [5.74, 6) is 0.806. The second-order valence-electron chi connectivity index (χ2n) is 4.36. The molecule has 0 atom stereocenters. The van der Waals surface area contributed by atoms with E-state index in [1.54, 1.807) is 4.52 Å². The molecule has 21 heavy (non-hydrogen) atoms. The summed E-state index contributed by atoms with van der Waals surface area (Å²) in [4.78, 5) is 9.35. The Balaban J connectivity index is 1.86. The van der Waals surface area contributed by atoms with Gasteiger partial charge in [-0.25, -0.2) is 4.98 Å². The number of rotatable bonds is 2. The van der Waals surface area contributed by atoms with Crippen molar-refractivity contribution in [2.75, 3.05) is 0 Å². The van der Waals surface area contributed by atoms with Crippen molar-refractivity contribution in [1.29, 1.82) is 0 Å². The van der Waals surface area contributed by atoms with Crippen molar-refractivity contribution >= 4 is 27.9 Å². The third kappa shape index (κ3) is 2.01. The van der Waals surface area contributed by atoms with Crippen molar-refractivity contribution in [3.8, 4) is 23.0 Å². The molecule has 4 aromatic rings. The van der Waals surface area contributed by atoms with Gasteiger partial charge in [-0.2, -0.15) is 14.6 Å². The van der Waals surface area contributed by atoms with Crippen LogP contribution in [0.25, 0.3) is 27.9 Å². The molecule has 0 saturated heterocycles. The highest BCUT2D eigenvalue weighted by Crippen LogP contribution is 2.30. The maximum Gasteiger partial charge on any atom is 0.258 e. The van der Waals surface area contributed by atoms with Crippen LogP contribution < -0.4 is 0 Å². The van der Waals surface area contributed by atoms with Gasteiger partial charge in [0.25, 0.3) is 5.89 Å². The maximum atomic E-state index is 6.16. The van der Waals surface area contributed by atoms with Crippen LogP contribution >= 0.6 is 22.9 Å². The first-order chi connectivity index (χ1) is 10.2. The fourth-order valence-corrected chi connectivity index (χ4v) is 3.06. The third-order valence-electron chi connectivity index (χ3n) is 2.92. The van der Waals surface area contributed by atoms with Crippen LogP contribution in [0.5, 0.6) is 0 Å². The summed E-state index contributed by atoms with van der Waals surface area (Å²) < 4.78 is 6.94.